The van der Waals surface area contributed by atoms with Crippen LogP contribution in [0.25, 0.3) is 0 Å². The van der Waals surface area contributed by atoms with Gasteiger partial charge in [-0.15, -0.1) is 0 Å². The van der Waals surface area contributed by atoms with Gasteiger partial charge in [-0.25, -0.2) is 13.2 Å². The van der Waals surface area contributed by atoms with E-state index in [1.54, 1.807) is 7.05 Å². The molecule has 2 nitrogen and oxygen atoms in total. The number of likely N-dealkylation sites (N-methyl/N-ethyl adjacent to an activating group) is 1. The summed E-state index contributed by atoms with van der Waals surface area (Å²) in [5, 5.41) is 3.32. The summed E-state index contributed by atoms with van der Waals surface area (Å²) in [5.41, 5.74) is -0.0784. The average Bonchev–Trinajstić information content (AvgIpc) is 3.07. The number of nitrogens with zero attached hydrogens (tertiary/aromatic N) is 1. The van der Waals surface area contributed by atoms with Crippen molar-refractivity contribution in [2.24, 2.45) is 0 Å². The number of rotatable bonds is 6. The molecule has 0 spiro atoms. The van der Waals surface area contributed by atoms with Crippen LogP contribution in [0.2, 0.25) is 0 Å². The van der Waals surface area contributed by atoms with E-state index in [1.165, 1.54) is 12.8 Å². The third-order valence-corrected chi connectivity index (χ3v) is 3.04. The monoisotopic (exact) mass is 258 g/mol. The molecule has 1 aliphatic rings. The van der Waals surface area contributed by atoms with Crippen LogP contribution >= 0.6 is 0 Å². The van der Waals surface area contributed by atoms with Crippen molar-refractivity contribution < 1.29 is 13.2 Å². The summed E-state index contributed by atoms with van der Waals surface area (Å²) in [6, 6.07) is 2.06. The van der Waals surface area contributed by atoms with Gasteiger partial charge in [0.15, 0.2) is 0 Å². The van der Waals surface area contributed by atoms with Gasteiger partial charge in [-0.3, -0.25) is 0 Å². The highest BCUT2D eigenvalue weighted by molar-refractivity contribution is 5.20. The van der Waals surface area contributed by atoms with Crippen molar-refractivity contribution in [3.63, 3.8) is 0 Å². The Morgan fingerprint density at radius 1 is 1.22 bits per heavy atom. The van der Waals surface area contributed by atoms with Crippen molar-refractivity contribution in [2.75, 3.05) is 20.1 Å². The number of hydrogen-bond acceptors (Lipinski definition) is 2. The van der Waals surface area contributed by atoms with Crippen molar-refractivity contribution in [3.05, 3.63) is 35.1 Å². The van der Waals surface area contributed by atoms with Gasteiger partial charge in [-0.1, -0.05) is 0 Å². The average molecular weight is 258 g/mol. The lowest BCUT2D eigenvalue weighted by molar-refractivity contribution is 0.311. The first-order valence-electron chi connectivity index (χ1n) is 6.11. The first kappa shape index (κ1) is 13.4. The number of halogens is 3. The van der Waals surface area contributed by atoms with Crippen LogP contribution in [-0.2, 0) is 6.54 Å². The minimum atomic E-state index is -0.883. The van der Waals surface area contributed by atoms with Gasteiger partial charge in [-0.2, -0.15) is 0 Å². The minimum Gasteiger partial charge on any atom is -0.313 e. The zero-order valence-corrected chi connectivity index (χ0v) is 10.3. The molecule has 0 amide bonds. The molecule has 0 aromatic heterocycles. The van der Waals surface area contributed by atoms with E-state index in [1.807, 2.05) is 4.90 Å². The molecular weight excluding hydrogens is 241 g/mol. The van der Waals surface area contributed by atoms with Crippen LogP contribution < -0.4 is 5.32 Å². The van der Waals surface area contributed by atoms with E-state index in [4.69, 9.17) is 0 Å². The predicted octanol–water partition coefficient (Wildman–Crippen LogP) is 2.29. The fourth-order valence-electron chi connectivity index (χ4n) is 1.82. The fourth-order valence-corrected chi connectivity index (χ4v) is 1.82. The Kier molecular flexibility index (Phi) is 4.24. The molecule has 0 radical (unpaired) electrons. The molecule has 100 valence electrons. The number of benzene rings is 1. The Morgan fingerprint density at radius 2 is 1.83 bits per heavy atom. The van der Waals surface area contributed by atoms with E-state index in [-0.39, 0.29) is 12.1 Å². The third kappa shape index (κ3) is 3.71. The number of hydrogen-bond donors (Lipinski definition) is 1. The molecule has 0 atom stereocenters. The lowest BCUT2D eigenvalue weighted by Gasteiger charge is -2.17. The molecule has 1 aromatic rings. The maximum absolute atomic E-state index is 13.4. The third-order valence-electron chi connectivity index (χ3n) is 3.04. The van der Waals surface area contributed by atoms with E-state index in [9.17, 15) is 13.2 Å². The zero-order valence-electron chi connectivity index (χ0n) is 10.3. The van der Waals surface area contributed by atoms with Gasteiger partial charge in [0.25, 0.3) is 0 Å². The summed E-state index contributed by atoms with van der Waals surface area (Å²) in [6.45, 7) is 1.64. The molecule has 18 heavy (non-hydrogen) atoms. The summed E-state index contributed by atoms with van der Waals surface area (Å²) in [7, 11) is 1.79. The summed E-state index contributed by atoms with van der Waals surface area (Å²) >= 11 is 0. The van der Waals surface area contributed by atoms with Crippen LogP contribution in [0.3, 0.4) is 0 Å². The van der Waals surface area contributed by atoms with Gasteiger partial charge in [0, 0.05) is 43.4 Å². The molecule has 2 rings (SSSR count). The molecule has 1 aromatic carbocycles. The number of nitrogens with one attached hydrogen (secondary N) is 1. The van der Waals surface area contributed by atoms with Crippen molar-refractivity contribution in [1.82, 2.24) is 10.2 Å². The molecule has 1 aliphatic carbocycles. The lowest BCUT2D eigenvalue weighted by Crippen LogP contribution is -2.30. The molecule has 5 heteroatoms. The summed E-state index contributed by atoms with van der Waals surface area (Å²) < 4.78 is 39.6. The summed E-state index contributed by atoms with van der Waals surface area (Å²) in [5.74, 6) is -2.53. The maximum Gasteiger partial charge on any atom is 0.133 e. The first-order valence-corrected chi connectivity index (χ1v) is 6.11. The minimum absolute atomic E-state index is 0.0784. The standard InChI is InChI=1S/C13H17F3N2/c1-18(5-4-17-10-2-3-10)8-11-12(15)6-9(14)7-13(11)16/h6-7,10,17H,2-5,8H2,1H3. The Balaban J connectivity index is 1.87. The molecule has 1 saturated carbocycles. The predicted molar refractivity (Wildman–Crippen MR) is 63.7 cm³/mol. The Morgan fingerprint density at radius 3 is 2.39 bits per heavy atom. The van der Waals surface area contributed by atoms with E-state index in [0.29, 0.717) is 24.7 Å². The van der Waals surface area contributed by atoms with Gasteiger partial charge in [-0.05, 0) is 19.9 Å². The normalized spacial score (nSPS) is 15.4. The van der Waals surface area contributed by atoms with E-state index < -0.39 is 17.5 Å². The Labute approximate surface area is 105 Å². The molecule has 0 unspecified atom stereocenters. The largest absolute Gasteiger partial charge is 0.313 e. The van der Waals surface area contributed by atoms with Gasteiger partial charge in [0.2, 0.25) is 0 Å². The smallest absolute Gasteiger partial charge is 0.133 e. The van der Waals surface area contributed by atoms with Gasteiger partial charge in [0.05, 0.1) is 0 Å². The topological polar surface area (TPSA) is 15.3 Å². The molecule has 0 aliphatic heterocycles. The first-order chi connectivity index (χ1) is 8.56. The quantitative estimate of drug-likeness (QED) is 0.842. The van der Waals surface area contributed by atoms with Crippen molar-refractivity contribution >= 4 is 0 Å². The molecule has 0 bridgehead atoms. The molecular formula is C13H17F3N2. The zero-order chi connectivity index (χ0) is 13.1. The van der Waals surface area contributed by atoms with Crippen LogP contribution in [0.1, 0.15) is 18.4 Å². The molecule has 0 saturated heterocycles. The summed E-state index contributed by atoms with van der Waals surface area (Å²) in [6.07, 6.45) is 2.43. The van der Waals surface area contributed by atoms with Crippen LogP contribution in [0.4, 0.5) is 13.2 Å². The second kappa shape index (κ2) is 5.71. The van der Waals surface area contributed by atoms with E-state index >= 15 is 0 Å². The van der Waals surface area contributed by atoms with Gasteiger partial charge in [0.1, 0.15) is 17.5 Å². The van der Waals surface area contributed by atoms with Crippen LogP contribution in [0.5, 0.6) is 0 Å². The highest BCUT2D eigenvalue weighted by Gasteiger charge is 2.20. The second-order valence-electron chi connectivity index (χ2n) is 4.81. The highest BCUT2D eigenvalue weighted by Crippen LogP contribution is 2.18. The van der Waals surface area contributed by atoms with Gasteiger partial charge < -0.3 is 10.2 Å². The fraction of sp³-hybridized carbons (Fsp3) is 0.538. The van der Waals surface area contributed by atoms with Crippen LogP contribution in [0.15, 0.2) is 12.1 Å². The van der Waals surface area contributed by atoms with Gasteiger partial charge >= 0.3 is 0 Å². The van der Waals surface area contributed by atoms with Crippen molar-refractivity contribution in [1.29, 1.82) is 0 Å². The second-order valence-corrected chi connectivity index (χ2v) is 4.81. The van der Waals surface area contributed by atoms with Crippen LogP contribution in [-0.4, -0.2) is 31.1 Å². The van der Waals surface area contributed by atoms with Crippen LogP contribution in [0, 0.1) is 17.5 Å². The molecule has 1 N–H and O–H groups in total. The van der Waals surface area contributed by atoms with Crippen molar-refractivity contribution in [3.8, 4) is 0 Å². The van der Waals surface area contributed by atoms with E-state index in [0.717, 1.165) is 6.54 Å². The maximum atomic E-state index is 13.4. The highest BCUT2D eigenvalue weighted by atomic mass is 19.1. The lowest BCUT2D eigenvalue weighted by atomic mass is 10.2. The molecule has 0 heterocycles. The Hall–Kier alpha value is -1.07. The summed E-state index contributed by atoms with van der Waals surface area (Å²) in [4.78, 5) is 1.81. The molecule has 1 fully saturated rings. The Bertz CT molecular complexity index is 396. The van der Waals surface area contributed by atoms with Crippen molar-refractivity contribution in [2.45, 2.75) is 25.4 Å². The van der Waals surface area contributed by atoms with E-state index in [2.05, 4.69) is 5.32 Å². The SMILES string of the molecule is CN(CCNC1CC1)Cc1c(F)cc(F)cc1F.